The molecule has 0 atom stereocenters. The number of nitrogens with zero attached hydrogens (tertiary/aromatic N) is 1. The maximum Gasteiger partial charge on any atom is 0.161 e. The number of hydrogen-bond acceptors (Lipinski definition) is 3. The van der Waals surface area contributed by atoms with Crippen molar-refractivity contribution in [2.45, 2.75) is 13.3 Å². The van der Waals surface area contributed by atoms with E-state index in [1.807, 2.05) is 18.2 Å². The standard InChI is InChI=1S/C11H14N2O/c1-9(14)11-6-10(7-13-8-11)4-2-3-5-12/h2,4,6-8H,3,5,12H2,1H3. The van der Waals surface area contributed by atoms with Gasteiger partial charge in [0.05, 0.1) is 0 Å². The predicted molar refractivity (Wildman–Crippen MR) is 56.9 cm³/mol. The van der Waals surface area contributed by atoms with Gasteiger partial charge in [0, 0.05) is 18.0 Å². The molecule has 0 saturated heterocycles. The zero-order valence-electron chi connectivity index (χ0n) is 8.23. The summed E-state index contributed by atoms with van der Waals surface area (Å²) in [7, 11) is 0. The fraction of sp³-hybridized carbons (Fsp3) is 0.273. The molecule has 3 nitrogen and oxygen atoms in total. The Morgan fingerprint density at radius 3 is 3.00 bits per heavy atom. The summed E-state index contributed by atoms with van der Waals surface area (Å²) in [5.74, 6) is 0.0339. The first-order chi connectivity index (χ1) is 6.74. The van der Waals surface area contributed by atoms with Crippen molar-refractivity contribution >= 4 is 11.9 Å². The van der Waals surface area contributed by atoms with Crippen LogP contribution in [0.5, 0.6) is 0 Å². The number of aromatic nitrogens is 1. The van der Waals surface area contributed by atoms with Crippen LogP contribution in [0.15, 0.2) is 24.5 Å². The summed E-state index contributed by atoms with van der Waals surface area (Å²) < 4.78 is 0. The van der Waals surface area contributed by atoms with Gasteiger partial charge in [-0.2, -0.15) is 0 Å². The maximum atomic E-state index is 11.0. The van der Waals surface area contributed by atoms with Gasteiger partial charge in [0.1, 0.15) is 0 Å². The van der Waals surface area contributed by atoms with Crippen LogP contribution in [0.2, 0.25) is 0 Å². The molecular weight excluding hydrogens is 176 g/mol. The van der Waals surface area contributed by atoms with E-state index in [4.69, 9.17) is 5.73 Å². The fourth-order valence-corrected chi connectivity index (χ4v) is 1.06. The van der Waals surface area contributed by atoms with Crippen LogP contribution in [0.1, 0.15) is 29.3 Å². The molecule has 0 aromatic carbocycles. The number of carbonyl (C=O) groups is 1. The van der Waals surface area contributed by atoms with Crippen LogP contribution in [0.3, 0.4) is 0 Å². The highest BCUT2D eigenvalue weighted by molar-refractivity contribution is 5.94. The van der Waals surface area contributed by atoms with Gasteiger partial charge in [-0.15, -0.1) is 0 Å². The molecule has 0 aliphatic carbocycles. The minimum Gasteiger partial charge on any atom is -0.330 e. The lowest BCUT2D eigenvalue weighted by atomic mass is 10.1. The van der Waals surface area contributed by atoms with Crippen LogP contribution in [0, 0.1) is 0 Å². The van der Waals surface area contributed by atoms with Crippen molar-refractivity contribution in [2.24, 2.45) is 5.73 Å². The van der Waals surface area contributed by atoms with Gasteiger partial charge in [-0.05, 0) is 31.5 Å². The lowest BCUT2D eigenvalue weighted by Crippen LogP contribution is -1.95. The van der Waals surface area contributed by atoms with E-state index in [1.165, 1.54) is 6.92 Å². The highest BCUT2D eigenvalue weighted by Crippen LogP contribution is 2.05. The van der Waals surface area contributed by atoms with Crippen LogP contribution in [0.4, 0.5) is 0 Å². The molecule has 0 aliphatic rings. The van der Waals surface area contributed by atoms with Crippen LogP contribution in [0.25, 0.3) is 6.08 Å². The molecule has 0 spiro atoms. The fourth-order valence-electron chi connectivity index (χ4n) is 1.06. The van der Waals surface area contributed by atoms with Gasteiger partial charge < -0.3 is 5.73 Å². The van der Waals surface area contributed by atoms with Crippen molar-refractivity contribution in [1.82, 2.24) is 4.98 Å². The van der Waals surface area contributed by atoms with Crippen molar-refractivity contribution in [3.8, 4) is 0 Å². The number of pyridine rings is 1. The first-order valence-electron chi connectivity index (χ1n) is 4.56. The number of Topliss-reactive ketones (excluding diaryl/α,β-unsaturated/α-hetero) is 1. The monoisotopic (exact) mass is 190 g/mol. The van der Waals surface area contributed by atoms with Gasteiger partial charge in [-0.3, -0.25) is 9.78 Å². The van der Waals surface area contributed by atoms with E-state index in [0.29, 0.717) is 12.1 Å². The van der Waals surface area contributed by atoms with E-state index in [0.717, 1.165) is 12.0 Å². The molecule has 0 aliphatic heterocycles. The van der Waals surface area contributed by atoms with E-state index in [2.05, 4.69) is 4.98 Å². The first-order valence-corrected chi connectivity index (χ1v) is 4.56. The summed E-state index contributed by atoms with van der Waals surface area (Å²) in [6.45, 7) is 2.17. The quantitative estimate of drug-likeness (QED) is 0.734. The Bertz CT molecular complexity index is 345. The van der Waals surface area contributed by atoms with E-state index < -0.39 is 0 Å². The van der Waals surface area contributed by atoms with E-state index in [9.17, 15) is 4.79 Å². The molecule has 2 N–H and O–H groups in total. The van der Waals surface area contributed by atoms with Crippen LogP contribution < -0.4 is 5.73 Å². The highest BCUT2D eigenvalue weighted by atomic mass is 16.1. The molecule has 1 aromatic heterocycles. The Morgan fingerprint density at radius 2 is 2.36 bits per heavy atom. The Kier molecular flexibility index (Phi) is 4.01. The topological polar surface area (TPSA) is 56.0 Å². The molecule has 0 fully saturated rings. The second-order valence-electron chi connectivity index (χ2n) is 3.04. The second-order valence-corrected chi connectivity index (χ2v) is 3.04. The first kappa shape index (κ1) is 10.6. The third-order valence-corrected chi connectivity index (χ3v) is 1.81. The molecular formula is C11H14N2O. The second kappa shape index (κ2) is 5.29. The maximum absolute atomic E-state index is 11.0. The number of carbonyl (C=O) groups excluding carboxylic acids is 1. The lowest BCUT2D eigenvalue weighted by molar-refractivity contribution is 0.101. The van der Waals surface area contributed by atoms with Gasteiger partial charge in [-0.1, -0.05) is 12.2 Å². The van der Waals surface area contributed by atoms with Crippen LogP contribution >= 0.6 is 0 Å². The minimum absolute atomic E-state index is 0.0339. The SMILES string of the molecule is CC(=O)c1cncc(C=CCCN)c1. The third-order valence-electron chi connectivity index (χ3n) is 1.81. The summed E-state index contributed by atoms with van der Waals surface area (Å²) in [4.78, 5) is 15.0. The van der Waals surface area contributed by atoms with Crippen LogP contribution in [-0.2, 0) is 0 Å². The van der Waals surface area contributed by atoms with Gasteiger partial charge in [0.2, 0.25) is 0 Å². The summed E-state index contributed by atoms with van der Waals surface area (Å²) in [5.41, 5.74) is 6.92. The largest absolute Gasteiger partial charge is 0.330 e. The van der Waals surface area contributed by atoms with Gasteiger partial charge in [0.25, 0.3) is 0 Å². The molecule has 0 unspecified atom stereocenters. The highest BCUT2D eigenvalue weighted by Gasteiger charge is 1.98. The van der Waals surface area contributed by atoms with Crippen molar-refractivity contribution < 1.29 is 4.79 Å². The number of ketones is 1. The van der Waals surface area contributed by atoms with Gasteiger partial charge in [0.15, 0.2) is 5.78 Å². The summed E-state index contributed by atoms with van der Waals surface area (Å²) >= 11 is 0. The molecule has 74 valence electrons. The Labute approximate surface area is 83.7 Å². The average Bonchev–Trinajstić information content (AvgIpc) is 2.19. The Morgan fingerprint density at radius 1 is 1.57 bits per heavy atom. The molecule has 0 bridgehead atoms. The van der Waals surface area contributed by atoms with Crippen LogP contribution in [-0.4, -0.2) is 17.3 Å². The van der Waals surface area contributed by atoms with E-state index >= 15 is 0 Å². The third kappa shape index (κ3) is 3.11. The van der Waals surface area contributed by atoms with Crippen molar-refractivity contribution in [1.29, 1.82) is 0 Å². The van der Waals surface area contributed by atoms with Crippen molar-refractivity contribution in [2.75, 3.05) is 6.54 Å². The van der Waals surface area contributed by atoms with E-state index in [1.54, 1.807) is 12.4 Å². The molecule has 3 heteroatoms. The minimum atomic E-state index is 0.0339. The molecule has 1 rings (SSSR count). The Balaban J connectivity index is 2.78. The summed E-state index contributed by atoms with van der Waals surface area (Å²) in [5, 5.41) is 0. The van der Waals surface area contributed by atoms with Gasteiger partial charge >= 0.3 is 0 Å². The zero-order valence-corrected chi connectivity index (χ0v) is 8.23. The predicted octanol–water partition coefficient (Wildman–Crippen LogP) is 1.65. The number of hydrogen-bond donors (Lipinski definition) is 1. The number of nitrogens with two attached hydrogens (primary N) is 1. The molecule has 1 aromatic rings. The molecule has 0 saturated carbocycles. The van der Waals surface area contributed by atoms with E-state index in [-0.39, 0.29) is 5.78 Å². The molecule has 0 amide bonds. The van der Waals surface area contributed by atoms with Crippen molar-refractivity contribution in [3.63, 3.8) is 0 Å². The summed E-state index contributed by atoms with van der Waals surface area (Å²) in [6.07, 6.45) is 8.03. The van der Waals surface area contributed by atoms with Gasteiger partial charge in [-0.25, -0.2) is 0 Å². The smallest absolute Gasteiger partial charge is 0.161 e. The normalized spacial score (nSPS) is 10.7. The molecule has 14 heavy (non-hydrogen) atoms. The average molecular weight is 190 g/mol. The number of rotatable bonds is 4. The Hall–Kier alpha value is -1.48. The molecule has 1 heterocycles. The van der Waals surface area contributed by atoms with Crippen molar-refractivity contribution in [3.05, 3.63) is 35.7 Å². The molecule has 0 radical (unpaired) electrons. The zero-order chi connectivity index (χ0) is 10.4. The lowest BCUT2D eigenvalue weighted by Gasteiger charge is -1.96. The summed E-state index contributed by atoms with van der Waals surface area (Å²) in [6, 6.07) is 1.82.